The molecular weight excluding hydrogens is 211 g/mol. The van der Waals surface area contributed by atoms with Crippen LogP contribution in [0.2, 0.25) is 10.3 Å². The monoisotopic (exact) mass is 222 g/mol. The Morgan fingerprint density at radius 1 is 1.31 bits per heavy atom. The number of nitrogens with zero attached hydrogens (tertiary/aromatic N) is 2. The first-order chi connectivity index (χ1) is 5.88. The third-order valence-corrected chi connectivity index (χ3v) is 2.17. The lowest BCUT2D eigenvalue weighted by atomic mass is 10.1. The molecule has 0 atom stereocenters. The molecule has 0 bridgehead atoms. The molecule has 0 aromatic carbocycles. The van der Waals surface area contributed by atoms with E-state index in [2.05, 4.69) is 5.10 Å². The van der Waals surface area contributed by atoms with Gasteiger partial charge in [-0.15, -0.1) is 0 Å². The number of rotatable bonds is 1. The molecule has 0 radical (unpaired) electrons. The fourth-order valence-corrected chi connectivity index (χ4v) is 1.72. The lowest BCUT2D eigenvalue weighted by Gasteiger charge is -2.19. The van der Waals surface area contributed by atoms with Crippen molar-refractivity contribution in [2.45, 2.75) is 26.3 Å². The van der Waals surface area contributed by atoms with Crippen molar-refractivity contribution < 1.29 is 4.74 Å². The molecule has 0 N–H and O–H groups in total. The van der Waals surface area contributed by atoms with Gasteiger partial charge in [0, 0.05) is 0 Å². The van der Waals surface area contributed by atoms with Crippen LogP contribution in [0.15, 0.2) is 0 Å². The highest BCUT2D eigenvalue weighted by Crippen LogP contribution is 2.35. The van der Waals surface area contributed by atoms with E-state index in [0.717, 1.165) is 0 Å². The topological polar surface area (TPSA) is 27.1 Å². The fraction of sp³-hybridized carbons (Fsp3) is 0.625. The molecule has 0 aliphatic carbocycles. The minimum Gasteiger partial charge on any atom is -0.491 e. The van der Waals surface area contributed by atoms with Crippen LogP contribution in [0.3, 0.4) is 0 Å². The van der Waals surface area contributed by atoms with Crippen LogP contribution in [0.1, 0.15) is 20.8 Å². The van der Waals surface area contributed by atoms with Gasteiger partial charge in [-0.05, 0) is 20.8 Å². The Bertz CT molecular complexity index is 315. The lowest BCUT2D eigenvalue weighted by molar-refractivity contribution is 0.352. The van der Waals surface area contributed by atoms with Crippen LogP contribution in [0.5, 0.6) is 5.75 Å². The van der Waals surface area contributed by atoms with Gasteiger partial charge in [0.15, 0.2) is 16.1 Å². The fourth-order valence-electron chi connectivity index (χ4n) is 0.971. The summed E-state index contributed by atoms with van der Waals surface area (Å²) in [5.74, 6) is 0.429. The summed E-state index contributed by atoms with van der Waals surface area (Å²) in [4.78, 5) is 0. The summed E-state index contributed by atoms with van der Waals surface area (Å²) in [5.41, 5.74) is -0.197. The van der Waals surface area contributed by atoms with Gasteiger partial charge in [0.1, 0.15) is 0 Å². The predicted molar refractivity (Wildman–Crippen MR) is 53.8 cm³/mol. The molecule has 0 saturated heterocycles. The summed E-state index contributed by atoms with van der Waals surface area (Å²) in [7, 11) is 1.52. The van der Waals surface area contributed by atoms with E-state index in [0.29, 0.717) is 16.1 Å². The molecule has 5 heteroatoms. The molecule has 74 valence electrons. The van der Waals surface area contributed by atoms with Gasteiger partial charge in [-0.2, -0.15) is 5.10 Å². The average molecular weight is 223 g/mol. The first kappa shape index (κ1) is 10.7. The third kappa shape index (κ3) is 1.92. The second-order valence-corrected chi connectivity index (χ2v) is 4.41. The largest absolute Gasteiger partial charge is 0.491 e. The Morgan fingerprint density at radius 2 is 1.85 bits per heavy atom. The number of halogens is 2. The Labute approximate surface area is 87.6 Å². The molecule has 0 fully saturated rings. The summed E-state index contributed by atoms with van der Waals surface area (Å²) < 4.78 is 6.64. The van der Waals surface area contributed by atoms with Gasteiger partial charge >= 0.3 is 0 Å². The van der Waals surface area contributed by atoms with Crippen LogP contribution < -0.4 is 4.74 Å². The van der Waals surface area contributed by atoms with Gasteiger partial charge in [0.2, 0.25) is 0 Å². The highest BCUT2D eigenvalue weighted by atomic mass is 35.5. The van der Waals surface area contributed by atoms with E-state index in [1.807, 2.05) is 20.8 Å². The Balaban J connectivity index is 3.26. The van der Waals surface area contributed by atoms with Crippen LogP contribution in [0.25, 0.3) is 0 Å². The van der Waals surface area contributed by atoms with E-state index in [1.54, 1.807) is 4.68 Å². The van der Waals surface area contributed by atoms with Crippen molar-refractivity contribution in [1.82, 2.24) is 9.78 Å². The Kier molecular flexibility index (Phi) is 2.78. The maximum absolute atomic E-state index is 6.01. The molecule has 1 aromatic heterocycles. The summed E-state index contributed by atoms with van der Waals surface area (Å²) in [6.07, 6.45) is 0. The maximum Gasteiger partial charge on any atom is 0.195 e. The van der Waals surface area contributed by atoms with E-state index in [9.17, 15) is 0 Å². The first-order valence-corrected chi connectivity index (χ1v) is 4.62. The molecule has 13 heavy (non-hydrogen) atoms. The van der Waals surface area contributed by atoms with Crippen LogP contribution in [-0.4, -0.2) is 16.9 Å². The molecule has 0 aliphatic heterocycles. The Hall–Kier alpha value is -0.410. The van der Waals surface area contributed by atoms with Crippen molar-refractivity contribution in [3.8, 4) is 5.75 Å². The number of aromatic nitrogens is 2. The molecule has 1 heterocycles. The first-order valence-electron chi connectivity index (χ1n) is 3.86. The molecule has 0 saturated carbocycles. The molecule has 0 aliphatic rings. The average Bonchev–Trinajstić information content (AvgIpc) is 2.25. The maximum atomic E-state index is 6.01. The predicted octanol–water partition coefficient (Wildman–Crippen LogP) is 2.95. The Morgan fingerprint density at radius 3 is 2.08 bits per heavy atom. The highest BCUT2D eigenvalue weighted by Gasteiger charge is 2.23. The van der Waals surface area contributed by atoms with Crippen molar-refractivity contribution in [2.75, 3.05) is 7.11 Å². The zero-order valence-corrected chi connectivity index (χ0v) is 9.57. The molecule has 0 amide bonds. The van der Waals surface area contributed by atoms with Crippen molar-refractivity contribution in [2.24, 2.45) is 0 Å². The molecule has 1 rings (SSSR count). The molecule has 0 unspecified atom stereocenters. The second-order valence-electron chi connectivity index (χ2n) is 3.70. The van der Waals surface area contributed by atoms with Crippen molar-refractivity contribution in [1.29, 1.82) is 0 Å². The number of hydrogen-bond donors (Lipinski definition) is 0. The van der Waals surface area contributed by atoms with Gasteiger partial charge in [0.05, 0.1) is 12.6 Å². The summed E-state index contributed by atoms with van der Waals surface area (Å²) in [5, 5.41) is 4.80. The normalized spacial score (nSPS) is 11.8. The van der Waals surface area contributed by atoms with Crippen LogP contribution in [0, 0.1) is 0 Å². The van der Waals surface area contributed by atoms with Gasteiger partial charge < -0.3 is 4.74 Å². The van der Waals surface area contributed by atoms with Gasteiger partial charge in [-0.1, -0.05) is 23.2 Å². The van der Waals surface area contributed by atoms with Gasteiger partial charge in [-0.3, -0.25) is 0 Å². The zero-order chi connectivity index (χ0) is 10.2. The van der Waals surface area contributed by atoms with Crippen molar-refractivity contribution in [3.05, 3.63) is 10.3 Å². The zero-order valence-electron chi connectivity index (χ0n) is 8.06. The summed E-state index contributed by atoms with van der Waals surface area (Å²) in [6.45, 7) is 5.96. The second kappa shape index (κ2) is 3.39. The quantitative estimate of drug-likeness (QED) is 0.731. The smallest absolute Gasteiger partial charge is 0.195 e. The third-order valence-electron chi connectivity index (χ3n) is 1.59. The minimum absolute atomic E-state index is 0.197. The van der Waals surface area contributed by atoms with Crippen molar-refractivity contribution >= 4 is 23.2 Å². The van der Waals surface area contributed by atoms with Crippen LogP contribution >= 0.6 is 23.2 Å². The molecular formula is C8H12Cl2N2O. The number of hydrogen-bond acceptors (Lipinski definition) is 2. The van der Waals surface area contributed by atoms with Gasteiger partial charge in [-0.25, -0.2) is 4.68 Å². The standard InChI is InChI=1S/C8H12Cl2N2O/c1-8(2,3)12-7(10)5(13-4)6(9)11-12/h1-4H3. The SMILES string of the molecule is COc1c(Cl)nn(C(C)(C)C)c1Cl. The van der Waals surface area contributed by atoms with E-state index >= 15 is 0 Å². The molecule has 1 aromatic rings. The molecule has 0 spiro atoms. The van der Waals surface area contributed by atoms with E-state index < -0.39 is 0 Å². The molecule has 3 nitrogen and oxygen atoms in total. The van der Waals surface area contributed by atoms with Crippen molar-refractivity contribution in [3.63, 3.8) is 0 Å². The minimum atomic E-state index is -0.197. The summed E-state index contributed by atoms with van der Waals surface area (Å²) >= 11 is 11.8. The van der Waals surface area contributed by atoms with Crippen LogP contribution in [-0.2, 0) is 5.54 Å². The lowest BCUT2D eigenvalue weighted by Crippen LogP contribution is -2.23. The van der Waals surface area contributed by atoms with Crippen LogP contribution in [0.4, 0.5) is 0 Å². The van der Waals surface area contributed by atoms with E-state index in [1.165, 1.54) is 7.11 Å². The van der Waals surface area contributed by atoms with E-state index in [-0.39, 0.29) is 5.54 Å². The number of ether oxygens (including phenoxy) is 1. The summed E-state index contributed by atoms with van der Waals surface area (Å²) in [6, 6.07) is 0. The highest BCUT2D eigenvalue weighted by molar-refractivity contribution is 6.36. The van der Waals surface area contributed by atoms with E-state index in [4.69, 9.17) is 27.9 Å². The van der Waals surface area contributed by atoms with Gasteiger partial charge in [0.25, 0.3) is 0 Å². The number of methoxy groups -OCH3 is 1.